The molecular weight excluding hydrogens is 428 g/mol. The van der Waals surface area contributed by atoms with Crippen LogP contribution in [0.4, 0.5) is 0 Å². The molecule has 2 fully saturated rings. The number of rotatable bonds is 2. The van der Waals surface area contributed by atoms with Crippen molar-refractivity contribution in [3.63, 3.8) is 0 Å². The van der Waals surface area contributed by atoms with Gasteiger partial charge in [-0.25, -0.2) is 0 Å². The molecule has 1 saturated heterocycles. The van der Waals surface area contributed by atoms with Crippen LogP contribution in [-0.4, -0.2) is 29.1 Å². The molecule has 0 unspecified atom stereocenters. The molecule has 31 heavy (non-hydrogen) atoms. The van der Waals surface area contributed by atoms with Crippen molar-refractivity contribution < 1.29 is 9.53 Å². The van der Waals surface area contributed by atoms with Crippen LogP contribution >= 0.6 is 23.4 Å². The van der Waals surface area contributed by atoms with Gasteiger partial charge in [-0.05, 0) is 77.8 Å². The van der Waals surface area contributed by atoms with Gasteiger partial charge in [0.05, 0.1) is 17.1 Å². The molecule has 3 aliphatic heterocycles. The number of halogens is 1. The molecule has 2 aromatic carbocycles. The number of allylic oxidation sites excluding steroid dienone is 1. The predicted molar refractivity (Wildman–Crippen MR) is 125 cm³/mol. The first-order valence-corrected chi connectivity index (χ1v) is 12.1. The average Bonchev–Trinajstić information content (AvgIpc) is 3.47. The van der Waals surface area contributed by atoms with Crippen LogP contribution in [0.3, 0.4) is 0 Å². The minimum Gasteiger partial charge on any atom is -0.365 e. The number of amidine groups is 1. The van der Waals surface area contributed by atoms with E-state index in [1.165, 1.54) is 11.1 Å². The molecule has 6 rings (SSSR count). The zero-order valence-corrected chi connectivity index (χ0v) is 18.7. The first-order valence-electron chi connectivity index (χ1n) is 10.9. The van der Waals surface area contributed by atoms with Gasteiger partial charge in [0.15, 0.2) is 5.17 Å². The van der Waals surface area contributed by atoms with Crippen LogP contribution in [0.5, 0.6) is 0 Å². The number of ether oxygens (including phenoxy) is 1. The molecule has 0 atom stereocenters. The number of aliphatic imine (C=N–C) groups is 1. The lowest BCUT2D eigenvalue weighted by atomic mass is 9.84. The fourth-order valence-corrected chi connectivity index (χ4v) is 6.29. The van der Waals surface area contributed by atoms with E-state index in [1.807, 2.05) is 24.3 Å². The summed E-state index contributed by atoms with van der Waals surface area (Å²) >= 11 is 7.63. The maximum atomic E-state index is 12.9. The third kappa shape index (κ3) is 3.43. The Labute approximate surface area is 191 Å². The fourth-order valence-electron chi connectivity index (χ4n) is 5.01. The molecule has 0 bridgehead atoms. The number of likely N-dealkylation sites (tertiary alicyclic amines) is 1. The Bertz CT molecular complexity index is 1110. The molecule has 0 aromatic heterocycles. The summed E-state index contributed by atoms with van der Waals surface area (Å²) in [5, 5.41) is 1.55. The number of hydrogen-bond acceptors (Lipinski definition) is 4. The van der Waals surface area contributed by atoms with Crippen LogP contribution in [0.2, 0.25) is 5.02 Å². The highest BCUT2D eigenvalue weighted by atomic mass is 35.5. The number of carbonyl (C=O) groups excluding carboxylic acids is 1. The Hall–Kier alpha value is -2.08. The van der Waals surface area contributed by atoms with Crippen molar-refractivity contribution in [2.24, 2.45) is 10.9 Å². The fraction of sp³-hybridized carbons (Fsp3) is 0.360. The molecular formula is C25H23ClN2O2S. The van der Waals surface area contributed by atoms with Gasteiger partial charge < -0.3 is 9.64 Å². The summed E-state index contributed by atoms with van der Waals surface area (Å²) in [5.41, 5.74) is 4.70. The van der Waals surface area contributed by atoms with Gasteiger partial charge in [-0.3, -0.25) is 4.79 Å². The number of nitrogens with zero attached hydrogens (tertiary/aromatic N) is 2. The van der Waals surface area contributed by atoms with E-state index >= 15 is 0 Å². The molecule has 0 N–H and O–H groups in total. The second kappa shape index (κ2) is 7.51. The number of thioether (sulfide) groups is 1. The summed E-state index contributed by atoms with van der Waals surface area (Å²) in [4.78, 5) is 20.4. The van der Waals surface area contributed by atoms with Crippen LogP contribution in [0.15, 0.2) is 58.4 Å². The van der Waals surface area contributed by atoms with Gasteiger partial charge in [0.1, 0.15) is 0 Å². The van der Waals surface area contributed by atoms with E-state index in [0.29, 0.717) is 17.5 Å². The number of piperidine rings is 1. The normalized spacial score (nSPS) is 23.8. The largest absolute Gasteiger partial charge is 0.365 e. The van der Waals surface area contributed by atoms with Crippen molar-refractivity contribution >= 4 is 40.0 Å². The standard InChI is InChI=1S/C25H23ClN2O2S/c26-19-9-7-17(8-10-19)21(16-5-6-16)22-23(29)27-24(31-22)28-13-11-25(12-14-28)20-4-2-1-3-18(20)15-30-25/h1-4,7-10,16H,5-6,11-15H2/b22-21-. The van der Waals surface area contributed by atoms with E-state index < -0.39 is 0 Å². The van der Waals surface area contributed by atoms with Gasteiger partial charge in [-0.15, -0.1) is 0 Å². The van der Waals surface area contributed by atoms with E-state index in [0.717, 1.165) is 60.0 Å². The molecule has 1 spiro atoms. The second-order valence-corrected chi connectivity index (χ2v) is 10.2. The van der Waals surface area contributed by atoms with E-state index in [4.69, 9.17) is 16.3 Å². The summed E-state index contributed by atoms with van der Waals surface area (Å²) in [6.07, 6.45) is 4.11. The topological polar surface area (TPSA) is 41.9 Å². The van der Waals surface area contributed by atoms with Crippen LogP contribution in [-0.2, 0) is 21.7 Å². The molecule has 0 radical (unpaired) electrons. The second-order valence-electron chi connectivity index (χ2n) is 8.75. The minimum atomic E-state index is -0.178. The summed E-state index contributed by atoms with van der Waals surface area (Å²) in [5.74, 6) is 0.356. The number of hydrogen-bond donors (Lipinski definition) is 0. The van der Waals surface area contributed by atoms with Gasteiger partial charge in [-0.2, -0.15) is 4.99 Å². The van der Waals surface area contributed by atoms with Gasteiger partial charge in [0.2, 0.25) is 0 Å². The van der Waals surface area contributed by atoms with Crippen molar-refractivity contribution in [2.45, 2.75) is 37.9 Å². The summed E-state index contributed by atoms with van der Waals surface area (Å²) < 4.78 is 6.29. The van der Waals surface area contributed by atoms with E-state index in [-0.39, 0.29) is 11.5 Å². The van der Waals surface area contributed by atoms with E-state index in [1.54, 1.807) is 11.8 Å². The Morgan fingerprint density at radius 2 is 1.84 bits per heavy atom. The van der Waals surface area contributed by atoms with Crippen molar-refractivity contribution in [1.29, 1.82) is 0 Å². The molecule has 4 nitrogen and oxygen atoms in total. The van der Waals surface area contributed by atoms with Crippen LogP contribution < -0.4 is 0 Å². The Morgan fingerprint density at radius 1 is 1.10 bits per heavy atom. The van der Waals surface area contributed by atoms with Gasteiger partial charge >= 0.3 is 0 Å². The van der Waals surface area contributed by atoms with Crippen LogP contribution in [0.25, 0.3) is 5.57 Å². The molecule has 158 valence electrons. The Morgan fingerprint density at radius 3 is 2.58 bits per heavy atom. The first kappa shape index (κ1) is 19.6. The smallest absolute Gasteiger partial charge is 0.286 e. The van der Waals surface area contributed by atoms with Gasteiger partial charge in [-0.1, -0.05) is 48.0 Å². The lowest BCUT2D eigenvalue weighted by Gasteiger charge is -2.39. The van der Waals surface area contributed by atoms with Crippen molar-refractivity contribution in [3.8, 4) is 0 Å². The molecule has 1 aliphatic carbocycles. The monoisotopic (exact) mass is 450 g/mol. The molecule has 3 heterocycles. The number of fused-ring (bicyclic) bond motifs is 2. The lowest BCUT2D eigenvalue weighted by Crippen LogP contribution is -2.44. The summed E-state index contributed by atoms with van der Waals surface area (Å²) in [7, 11) is 0. The average molecular weight is 451 g/mol. The molecule has 2 aromatic rings. The van der Waals surface area contributed by atoms with E-state index in [9.17, 15) is 4.79 Å². The Balaban J connectivity index is 1.22. The SMILES string of the molecule is O=C1N=C(N2CCC3(CC2)OCc2ccccc23)S/C1=C(\c1ccc(Cl)cc1)C1CC1. The molecule has 1 amide bonds. The maximum Gasteiger partial charge on any atom is 0.286 e. The van der Waals surface area contributed by atoms with Crippen LogP contribution in [0, 0.1) is 5.92 Å². The lowest BCUT2D eigenvalue weighted by molar-refractivity contribution is -0.113. The zero-order valence-electron chi connectivity index (χ0n) is 17.1. The minimum absolute atomic E-state index is 0.0976. The predicted octanol–water partition coefficient (Wildman–Crippen LogP) is 5.61. The number of benzene rings is 2. The molecule has 4 aliphatic rings. The first-order chi connectivity index (χ1) is 15.1. The van der Waals surface area contributed by atoms with Crippen molar-refractivity contribution in [3.05, 3.63) is 75.1 Å². The number of carbonyl (C=O) groups is 1. The number of amides is 1. The summed E-state index contributed by atoms with van der Waals surface area (Å²) in [6.45, 7) is 2.39. The van der Waals surface area contributed by atoms with Crippen LogP contribution in [0.1, 0.15) is 42.4 Å². The highest BCUT2D eigenvalue weighted by Crippen LogP contribution is 2.49. The highest BCUT2D eigenvalue weighted by Gasteiger charge is 2.44. The van der Waals surface area contributed by atoms with Gasteiger partial charge in [0.25, 0.3) is 5.91 Å². The van der Waals surface area contributed by atoms with E-state index in [2.05, 4.69) is 34.2 Å². The molecule has 6 heteroatoms. The summed E-state index contributed by atoms with van der Waals surface area (Å²) in [6, 6.07) is 16.4. The highest BCUT2D eigenvalue weighted by molar-refractivity contribution is 8.18. The third-order valence-electron chi connectivity index (χ3n) is 6.82. The van der Waals surface area contributed by atoms with Crippen molar-refractivity contribution in [1.82, 2.24) is 4.90 Å². The zero-order chi connectivity index (χ0) is 21.0. The quantitative estimate of drug-likeness (QED) is 0.557. The Kier molecular flexibility index (Phi) is 4.74. The van der Waals surface area contributed by atoms with Crippen molar-refractivity contribution in [2.75, 3.05) is 13.1 Å². The maximum absolute atomic E-state index is 12.9. The molecule has 1 saturated carbocycles. The third-order valence-corrected chi connectivity index (χ3v) is 8.21. The van der Waals surface area contributed by atoms with Gasteiger partial charge in [0, 0.05) is 18.1 Å².